The number of amides is 2. The highest BCUT2D eigenvalue weighted by atomic mass is 16.6. The van der Waals surface area contributed by atoms with E-state index in [4.69, 9.17) is 4.74 Å². The number of carbonyl (C=O) groups excluding carboxylic acids is 2. The first-order valence-corrected chi connectivity index (χ1v) is 7.67. The maximum Gasteiger partial charge on any atom is 0.407 e. The van der Waals surface area contributed by atoms with E-state index in [9.17, 15) is 9.59 Å². The third-order valence-electron chi connectivity index (χ3n) is 3.65. The molecule has 0 radical (unpaired) electrons. The molecule has 1 aliphatic rings. The molecule has 0 aromatic carbocycles. The summed E-state index contributed by atoms with van der Waals surface area (Å²) in [4.78, 5) is 27.7. The van der Waals surface area contributed by atoms with Gasteiger partial charge in [0.05, 0.1) is 0 Å². The molecule has 2 amide bonds. The number of likely N-dealkylation sites (tertiary alicyclic amines) is 1. The predicted octanol–water partition coefficient (Wildman–Crippen LogP) is 1.45. The number of hydrogen-bond donors (Lipinski definition) is 1. The molecule has 0 saturated carbocycles. The SMILES string of the molecule is CCN(C)[C@H]1CCN(C(=O)CCNC(=O)OC(C)(C)C)C1. The van der Waals surface area contributed by atoms with E-state index in [1.165, 1.54) is 0 Å². The topological polar surface area (TPSA) is 61.9 Å². The lowest BCUT2D eigenvalue weighted by Crippen LogP contribution is -2.38. The Morgan fingerprint density at radius 1 is 1.38 bits per heavy atom. The zero-order chi connectivity index (χ0) is 16.0. The van der Waals surface area contributed by atoms with Crippen LogP contribution >= 0.6 is 0 Å². The minimum atomic E-state index is -0.513. The van der Waals surface area contributed by atoms with Gasteiger partial charge in [0.25, 0.3) is 0 Å². The van der Waals surface area contributed by atoms with Crippen LogP contribution in [0.15, 0.2) is 0 Å². The van der Waals surface area contributed by atoms with Gasteiger partial charge in [0, 0.05) is 32.1 Å². The largest absolute Gasteiger partial charge is 0.444 e. The molecular weight excluding hydrogens is 270 g/mol. The molecule has 6 heteroatoms. The lowest BCUT2D eigenvalue weighted by Gasteiger charge is -2.23. The van der Waals surface area contributed by atoms with Gasteiger partial charge in [-0.1, -0.05) is 6.92 Å². The van der Waals surface area contributed by atoms with Crippen molar-refractivity contribution in [3.05, 3.63) is 0 Å². The van der Waals surface area contributed by atoms with Crippen LogP contribution < -0.4 is 5.32 Å². The molecule has 1 fully saturated rings. The molecule has 1 aliphatic heterocycles. The van der Waals surface area contributed by atoms with Crippen LogP contribution in [0.4, 0.5) is 4.79 Å². The van der Waals surface area contributed by atoms with Gasteiger partial charge in [-0.3, -0.25) is 4.79 Å². The average molecular weight is 299 g/mol. The van der Waals surface area contributed by atoms with E-state index in [1.807, 2.05) is 25.7 Å². The maximum absolute atomic E-state index is 12.1. The zero-order valence-electron chi connectivity index (χ0n) is 13.9. The van der Waals surface area contributed by atoms with Gasteiger partial charge < -0.3 is 19.9 Å². The Hall–Kier alpha value is -1.30. The Labute approximate surface area is 127 Å². The van der Waals surface area contributed by atoms with Crippen molar-refractivity contribution >= 4 is 12.0 Å². The minimum Gasteiger partial charge on any atom is -0.444 e. The second-order valence-corrected chi connectivity index (χ2v) is 6.53. The van der Waals surface area contributed by atoms with E-state index in [2.05, 4.69) is 24.2 Å². The molecule has 0 unspecified atom stereocenters. The number of alkyl carbamates (subject to hydrolysis) is 1. The maximum atomic E-state index is 12.1. The third kappa shape index (κ3) is 6.33. The quantitative estimate of drug-likeness (QED) is 0.835. The van der Waals surface area contributed by atoms with Crippen LogP contribution in [0.25, 0.3) is 0 Å². The second kappa shape index (κ2) is 7.64. The monoisotopic (exact) mass is 299 g/mol. The summed E-state index contributed by atoms with van der Waals surface area (Å²) in [5.41, 5.74) is -0.513. The van der Waals surface area contributed by atoms with E-state index in [0.717, 1.165) is 26.1 Å². The third-order valence-corrected chi connectivity index (χ3v) is 3.65. The van der Waals surface area contributed by atoms with Gasteiger partial charge >= 0.3 is 6.09 Å². The molecule has 1 heterocycles. The first-order chi connectivity index (χ1) is 9.73. The summed E-state index contributed by atoms with van der Waals surface area (Å²) in [5, 5.41) is 2.62. The fourth-order valence-electron chi connectivity index (χ4n) is 2.33. The van der Waals surface area contributed by atoms with Crippen LogP contribution in [0.1, 0.15) is 40.5 Å². The van der Waals surface area contributed by atoms with Crippen molar-refractivity contribution in [3.63, 3.8) is 0 Å². The Bertz CT molecular complexity index is 366. The van der Waals surface area contributed by atoms with Gasteiger partial charge in [0.1, 0.15) is 5.60 Å². The molecule has 0 aromatic rings. The Morgan fingerprint density at radius 3 is 2.62 bits per heavy atom. The first-order valence-electron chi connectivity index (χ1n) is 7.67. The van der Waals surface area contributed by atoms with Crippen LogP contribution in [0.2, 0.25) is 0 Å². The van der Waals surface area contributed by atoms with Crippen molar-refractivity contribution in [2.75, 3.05) is 33.2 Å². The lowest BCUT2D eigenvalue weighted by molar-refractivity contribution is -0.130. The predicted molar refractivity (Wildman–Crippen MR) is 82.1 cm³/mol. The van der Waals surface area contributed by atoms with Crippen molar-refractivity contribution in [2.45, 2.75) is 52.2 Å². The standard InChI is InChI=1S/C15H29N3O3/c1-6-17(5)12-8-10-18(11-12)13(19)7-9-16-14(20)21-15(2,3)4/h12H,6-11H2,1-5H3,(H,16,20)/t12-/m0/s1. The first kappa shape index (κ1) is 17.8. The summed E-state index contributed by atoms with van der Waals surface area (Å²) >= 11 is 0. The highest BCUT2D eigenvalue weighted by Gasteiger charge is 2.27. The highest BCUT2D eigenvalue weighted by Crippen LogP contribution is 2.15. The molecule has 0 aliphatic carbocycles. The highest BCUT2D eigenvalue weighted by molar-refractivity contribution is 5.77. The molecule has 1 atom stereocenters. The smallest absolute Gasteiger partial charge is 0.407 e. The van der Waals surface area contributed by atoms with E-state index < -0.39 is 11.7 Å². The number of nitrogens with one attached hydrogen (secondary N) is 1. The molecule has 6 nitrogen and oxygen atoms in total. The number of ether oxygens (including phenoxy) is 1. The molecule has 21 heavy (non-hydrogen) atoms. The fourth-order valence-corrected chi connectivity index (χ4v) is 2.33. The van der Waals surface area contributed by atoms with Crippen molar-refractivity contribution in [1.29, 1.82) is 0 Å². The zero-order valence-corrected chi connectivity index (χ0v) is 13.9. The summed E-state index contributed by atoms with van der Waals surface area (Å²) in [5.74, 6) is 0.0954. The number of rotatable bonds is 5. The normalized spacial score (nSPS) is 19.0. The number of carbonyl (C=O) groups is 2. The fraction of sp³-hybridized carbons (Fsp3) is 0.867. The molecule has 122 valence electrons. The Morgan fingerprint density at radius 2 is 2.05 bits per heavy atom. The van der Waals surface area contributed by atoms with Crippen LogP contribution in [0, 0.1) is 0 Å². The van der Waals surface area contributed by atoms with Crippen LogP contribution in [0.5, 0.6) is 0 Å². The molecule has 1 saturated heterocycles. The lowest BCUT2D eigenvalue weighted by atomic mass is 10.2. The summed E-state index contributed by atoms with van der Waals surface area (Å²) in [6, 6.07) is 0.456. The van der Waals surface area contributed by atoms with E-state index >= 15 is 0 Å². The van der Waals surface area contributed by atoms with Crippen LogP contribution in [-0.2, 0) is 9.53 Å². The number of likely N-dealkylation sites (N-methyl/N-ethyl adjacent to an activating group) is 1. The average Bonchev–Trinajstić information content (AvgIpc) is 2.85. The summed E-state index contributed by atoms with van der Waals surface area (Å²) in [7, 11) is 2.09. The second-order valence-electron chi connectivity index (χ2n) is 6.53. The van der Waals surface area contributed by atoms with Gasteiger partial charge in [-0.15, -0.1) is 0 Å². The molecule has 1 rings (SSSR count). The number of nitrogens with zero attached hydrogens (tertiary/aromatic N) is 2. The Kier molecular flexibility index (Phi) is 6.45. The molecular formula is C15H29N3O3. The minimum absolute atomic E-state index is 0.0954. The summed E-state index contributed by atoms with van der Waals surface area (Å²) < 4.78 is 5.13. The van der Waals surface area contributed by atoms with Crippen molar-refractivity contribution in [3.8, 4) is 0 Å². The molecule has 1 N–H and O–H groups in total. The van der Waals surface area contributed by atoms with E-state index in [0.29, 0.717) is 19.0 Å². The molecule has 0 aromatic heterocycles. The van der Waals surface area contributed by atoms with E-state index in [1.54, 1.807) is 0 Å². The molecule has 0 spiro atoms. The Balaban J connectivity index is 2.25. The van der Waals surface area contributed by atoms with Crippen molar-refractivity contribution in [1.82, 2.24) is 15.1 Å². The summed E-state index contributed by atoms with van der Waals surface area (Å²) in [6.45, 7) is 10.5. The van der Waals surface area contributed by atoms with E-state index in [-0.39, 0.29) is 5.91 Å². The van der Waals surface area contributed by atoms with Crippen molar-refractivity contribution < 1.29 is 14.3 Å². The van der Waals surface area contributed by atoms with Gasteiger partial charge in [-0.2, -0.15) is 0 Å². The van der Waals surface area contributed by atoms with Gasteiger partial charge in [0.15, 0.2) is 0 Å². The van der Waals surface area contributed by atoms with Gasteiger partial charge in [-0.25, -0.2) is 4.79 Å². The number of hydrogen-bond acceptors (Lipinski definition) is 4. The summed E-state index contributed by atoms with van der Waals surface area (Å²) in [6.07, 6.45) is 0.873. The van der Waals surface area contributed by atoms with Crippen LogP contribution in [0.3, 0.4) is 0 Å². The van der Waals surface area contributed by atoms with Crippen molar-refractivity contribution in [2.24, 2.45) is 0 Å². The van der Waals surface area contributed by atoms with Crippen LogP contribution in [-0.4, -0.2) is 66.7 Å². The van der Waals surface area contributed by atoms with Gasteiger partial charge in [0.2, 0.25) is 5.91 Å². The molecule has 0 bridgehead atoms. The van der Waals surface area contributed by atoms with Gasteiger partial charge in [-0.05, 0) is 40.8 Å².